The number of carbonyl (C=O) groups excluding carboxylic acids is 1. The van der Waals surface area contributed by atoms with Crippen molar-refractivity contribution in [1.29, 1.82) is 0 Å². The second-order valence-corrected chi connectivity index (χ2v) is 7.22. The highest BCUT2D eigenvalue weighted by molar-refractivity contribution is 6.07. The van der Waals surface area contributed by atoms with Crippen LogP contribution in [0.4, 0.5) is 5.69 Å². The maximum Gasteiger partial charge on any atom is 0.258 e. The lowest BCUT2D eigenvalue weighted by molar-refractivity contribution is 0.0989. The molecule has 1 aliphatic heterocycles. The number of aromatic nitrogens is 3. The van der Waals surface area contributed by atoms with Gasteiger partial charge in [0.2, 0.25) is 0 Å². The summed E-state index contributed by atoms with van der Waals surface area (Å²) in [7, 11) is 0. The fourth-order valence-corrected chi connectivity index (χ4v) is 3.84. The number of nitrogens with zero attached hydrogens (tertiary/aromatic N) is 4. The number of rotatable bonds is 4. The van der Waals surface area contributed by atoms with Gasteiger partial charge >= 0.3 is 0 Å². The standard InChI is InChI=1S/C24H20N4O/c29-24(20-3-1-18(2-4-20)16-27-14-12-26-17-27)28-13-9-22-15-21(5-6-23(22)28)19-7-10-25-11-8-19/h1-8,10-12,14-15,17H,9,13,16H2. The number of imidazole rings is 1. The molecule has 0 spiro atoms. The van der Waals surface area contributed by atoms with E-state index in [1.54, 1.807) is 24.9 Å². The summed E-state index contributed by atoms with van der Waals surface area (Å²) < 4.78 is 2.01. The molecule has 2 aromatic carbocycles. The first-order valence-electron chi connectivity index (χ1n) is 9.68. The van der Waals surface area contributed by atoms with E-state index in [1.807, 2.05) is 52.1 Å². The molecule has 0 atom stereocenters. The van der Waals surface area contributed by atoms with Crippen LogP contribution in [0.1, 0.15) is 21.5 Å². The van der Waals surface area contributed by atoms with Crippen LogP contribution in [0.5, 0.6) is 0 Å². The largest absolute Gasteiger partial charge is 0.333 e. The van der Waals surface area contributed by atoms with Gasteiger partial charge in [0.1, 0.15) is 0 Å². The van der Waals surface area contributed by atoms with Gasteiger partial charge in [-0.05, 0) is 65.1 Å². The van der Waals surface area contributed by atoms with E-state index < -0.39 is 0 Å². The molecule has 0 fully saturated rings. The Balaban J connectivity index is 1.35. The third-order valence-electron chi connectivity index (χ3n) is 5.36. The molecule has 1 amide bonds. The number of anilines is 1. The van der Waals surface area contributed by atoms with Crippen LogP contribution in [-0.2, 0) is 13.0 Å². The molecule has 4 aromatic rings. The predicted octanol–water partition coefficient (Wildman–Crippen LogP) is 4.20. The van der Waals surface area contributed by atoms with Gasteiger partial charge < -0.3 is 9.47 Å². The quantitative estimate of drug-likeness (QED) is 0.533. The van der Waals surface area contributed by atoms with Crippen LogP contribution >= 0.6 is 0 Å². The van der Waals surface area contributed by atoms with E-state index in [-0.39, 0.29) is 5.91 Å². The maximum atomic E-state index is 13.1. The Kier molecular flexibility index (Phi) is 4.41. The molecule has 5 rings (SSSR count). The second-order valence-electron chi connectivity index (χ2n) is 7.22. The molecular weight excluding hydrogens is 360 g/mol. The first kappa shape index (κ1) is 17.4. The number of amides is 1. The summed E-state index contributed by atoms with van der Waals surface area (Å²) in [6, 6.07) is 18.2. The molecule has 3 heterocycles. The van der Waals surface area contributed by atoms with Crippen molar-refractivity contribution in [1.82, 2.24) is 14.5 Å². The van der Waals surface area contributed by atoms with Gasteiger partial charge in [0, 0.05) is 49.1 Å². The van der Waals surface area contributed by atoms with Crippen LogP contribution in [-0.4, -0.2) is 27.0 Å². The minimum Gasteiger partial charge on any atom is -0.333 e. The molecule has 5 heteroatoms. The Morgan fingerprint density at radius 2 is 1.72 bits per heavy atom. The maximum absolute atomic E-state index is 13.1. The third kappa shape index (κ3) is 3.43. The summed E-state index contributed by atoms with van der Waals surface area (Å²) in [5.41, 5.74) is 6.37. The van der Waals surface area contributed by atoms with Gasteiger partial charge in [-0.3, -0.25) is 9.78 Å². The van der Waals surface area contributed by atoms with Crippen LogP contribution in [0.2, 0.25) is 0 Å². The molecule has 0 unspecified atom stereocenters. The average Bonchev–Trinajstić information content (AvgIpc) is 3.44. The Labute approximate surface area is 169 Å². The van der Waals surface area contributed by atoms with Crippen molar-refractivity contribution < 1.29 is 4.79 Å². The van der Waals surface area contributed by atoms with Gasteiger partial charge in [0.05, 0.1) is 6.33 Å². The van der Waals surface area contributed by atoms with E-state index in [0.29, 0.717) is 12.1 Å². The summed E-state index contributed by atoms with van der Waals surface area (Å²) in [6.45, 7) is 1.46. The van der Waals surface area contributed by atoms with Crippen molar-refractivity contribution in [2.24, 2.45) is 0 Å². The molecule has 0 aliphatic carbocycles. The molecule has 0 bridgehead atoms. The van der Waals surface area contributed by atoms with Crippen LogP contribution in [0.15, 0.2) is 85.7 Å². The summed E-state index contributed by atoms with van der Waals surface area (Å²) in [5.74, 6) is 0.0505. The SMILES string of the molecule is O=C(c1ccc(Cn2ccnc2)cc1)N1CCc2cc(-c3ccncc3)ccc21. The predicted molar refractivity (Wildman–Crippen MR) is 113 cm³/mol. The molecule has 0 saturated heterocycles. The summed E-state index contributed by atoms with van der Waals surface area (Å²) in [5, 5.41) is 0. The van der Waals surface area contributed by atoms with Crippen molar-refractivity contribution in [3.63, 3.8) is 0 Å². The van der Waals surface area contributed by atoms with Crippen LogP contribution in [0, 0.1) is 0 Å². The van der Waals surface area contributed by atoms with E-state index in [4.69, 9.17) is 0 Å². The van der Waals surface area contributed by atoms with Gasteiger partial charge in [-0.25, -0.2) is 4.98 Å². The zero-order valence-corrected chi connectivity index (χ0v) is 15.9. The Morgan fingerprint density at radius 3 is 2.48 bits per heavy atom. The molecule has 0 N–H and O–H groups in total. The number of pyridine rings is 1. The van der Waals surface area contributed by atoms with Gasteiger partial charge in [-0.1, -0.05) is 18.2 Å². The van der Waals surface area contributed by atoms with Crippen molar-refractivity contribution in [2.45, 2.75) is 13.0 Å². The topological polar surface area (TPSA) is 51.0 Å². The molecule has 5 nitrogen and oxygen atoms in total. The zero-order valence-electron chi connectivity index (χ0n) is 15.9. The van der Waals surface area contributed by atoms with E-state index >= 15 is 0 Å². The number of hydrogen-bond donors (Lipinski definition) is 0. The Bertz CT molecular complexity index is 1140. The van der Waals surface area contributed by atoms with Crippen molar-refractivity contribution >= 4 is 11.6 Å². The number of benzene rings is 2. The normalized spacial score (nSPS) is 12.8. The van der Waals surface area contributed by atoms with E-state index in [0.717, 1.165) is 35.3 Å². The lowest BCUT2D eigenvalue weighted by Crippen LogP contribution is -2.28. The van der Waals surface area contributed by atoms with Crippen molar-refractivity contribution in [2.75, 3.05) is 11.4 Å². The van der Waals surface area contributed by atoms with Crippen LogP contribution in [0.25, 0.3) is 11.1 Å². The highest BCUT2D eigenvalue weighted by atomic mass is 16.2. The molecule has 142 valence electrons. The number of fused-ring (bicyclic) bond motifs is 1. The minimum atomic E-state index is 0.0505. The molecule has 0 saturated carbocycles. The first-order valence-corrected chi connectivity index (χ1v) is 9.68. The summed E-state index contributed by atoms with van der Waals surface area (Å²) in [4.78, 5) is 23.1. The van der Waals surface area contributed by atoms with Crippen LogP contribution < -0.4 is 4.90 Å². The zero-order chi connectivity index (χ0) is 19.6. The monoisotopic (exact) mass is 380 g/mol. The summed E-state index contributed by atoms with van der Waals surface area (Å²) >= 11 is 0. The van der Waals surface area contributed by atoms with Gasteiger partial charge in [0.15, 0.2) is 0 Å². The third-order valence-corrected chi connectivity index (χ3v) is 5.36. The fraction of sp³-hybridized carbons (Fsp3) is 0.125. The lowest BCUT2D eigenvalue weighted by Gasteiger charge is -2.18. The molecule has 0 radical (unpaired) electrons. The second kappa shape index (κ2) is 7.36. The van der Waals surface area contributed by atoms with E-state index in [2.05, 4.69) is 28.2 Å². The highest BCUT2D eigenvalue weighted by Gasteiger charge is 2.25. The van der Waals surface area contributed by atoms with Crippen molar-refractivity contribution in [3.05, 3.63) is 102 Å². The van der Waals surface area contributed by atoms with E-state index in [1.165, 1.54) is 5.56 Å². The Hall–Kier alpha value is -3.73. The lowest BCUT2D eigenvalue weighted by atomic mass is 10.0. The summed E-state index contributed by atoms with van der Waals surface area (Å²) in [6.07, 6.45) is 9.96. The van der Waals surface area contributed by atoms with Crippen LogP contribution in [0.3, 0.4) is 0 Å². The fourth-order valence-electron chi connectivity index (χ4n) is 3.84. The first-order chi connectivity index (χ1) is 14.3. The molecule has 1 aliphatic rings. The smallest absolute Gasteiger partial charge is 0.258 e. The number of hydrogen-bond acceptors (Lipinski definition) is 3. The van der Waals surface area contributed by atoms with E-state index in [9.17, 15) is 4.79 Å². The highest BCUT2D eigenvalue weighted by Crippen LogP contribution is 2.33. The van der Waals surface area contributed by atoms with Gasteiger partial charge in [-0.2, -0.15) is 0 Å². The number of carbonyl (C=O) groups is 1. The Morgan fingerprint density at radius 1 is 0.897 bits per heavy atom. The molecule has 2 aromatic heterocycles. The minimum absolute atomic E-state index is 0.0505. The van der Waals surface area contributed by atoms with Gasteiger partial charge in [-0.15, -0.1) is 0 Å². The van der Waals surface area contributed by atoms with Gasteiger partial charge in [0.25, 0.3) is 5.91 Å². The molecular formula is C24H20N4O. The average molecular weight is 380 g/mol. The van der Waals surface area contributed by atoms with Crippen molar-refractivity contribution in [3.8, 4) is 11.1 Å². The molecule has 29 heavy (non-hydrogen) atoms.